The highest BCUT2D eigenvalue weighted by molar-refractivity contribution is 5.58. The summed E-state index contributed by atoms with van der Waals surface area (Å²) in [5.41, 5.74) is 1.09. The van der Waals surface area contributed by atoms with Gasteiger partial charge in [0.2, 0.25) is 0 Å². The van der Waals surface area contributed by atoms with E-state index in [2.05, 4.69) is 42.9 Å². The van der Waals surface area contributed by atoms with Gasteiger partial charge in [-0.1, -0.05) is 6.92 Å². The Hall–Kier alpha value is -1.36. The smallest absolute Gasteiger partial charge is 0.137 e. The van der Waals surface area contributed by atoms with E-state index < -0.39 is 0 Å². The van der Waals surface area contributed by atoms with Crippen molar-refractivity contribution in [3.05, 3.63) is 11.4 Å². The molecule has 20 heavy (non-hydrogen) atoms. The van der Waals surface area contributed by atoms with Crippen molar-refractivity contribution in [3.63, 3.8) is 0 Å². The third-order valence-corrected chi connectivity index (χ3v) is 3.31. The minimum absolute atomic E-state index is 0.373. The van der Waals surface area contributed by atoms with E-state index in [1.54, 1.807) is 7.11 Å². The quantitative estimate of drug-likeness (QED) is 0.793. The van der Waals surface area contributed by atoms with Gasteiger partial charge in [-0.15, -0.1) is 0 Å². The molecule has 0 aliphatic carbocycles. The van der Waals surface area contributed by atoms with Crippen molar-refractivity contribution in [3.8, 4) is 0 Å². The van der Waals surface area contributed by atoms with Crippen LogP contribution in [-0.4, -0.2) is 43.3 Å². The molecule has 1 aromatic heterocycles. The predicted octanol–water partition coefficient (Wildman–Crippen LogP) is 2.64. The summed E-state index contributed by atoms with van der Waals surface area (Å²) in [4.78, 5) is 11.6. The third-order valence-electron chi connectivity index (χ3n) is 3.31. The standard InChI is InChI=1S/C15H28N4O/c1-7-8-13-17-14(16-5)12(4)15(18-13)19(11(2)3)9-10-20-6/h11H,7-10H2,1-6H3,(H,16,17,18). The van der Waals surface area contributed by atoms with Crippen LogP contribution in [0.1, 0.15) is 38.6 Å². The molecule has 5 heteroatoms. The minimum Gasteiger partial charge on any atom is -0.383 e. The molecule has 0 unspecified atom stereocenters. The number of hydrogen-bond acceptors (Lipinski definition) is 5. The van der Waals surface area contributed by atoms with Crippen molar-refractivity contribution >= 4 is 11.6 Å². The Labute approximate surface area is 122 Å². The van der Waals surface area contributed by atoms with Crippen LogP contribution in [0.25, 0.3) is 0 Å². The van der Waals surface area contributed by atoms with Gasteiger partial charge in [0.25, 0.3) is 0 Å². The predicted molar refractivity (Wildman–Crippen MR) is 84.7 cm³/mol. The van der Waals surface area contributed by atoms with Crippen molar-refractivity contribution < 1.29 is 4.74 Å². The Morgan fingerprint density at radius 3 is 2.50 bits per heavy atom. The third kappa shape index (κ3) is 4.07. The molecule has 0 atom stereocenters. The highest BCUT2D eigenvalue weighted by Gasteiger charge is 2.18. The monoisotopic (exact) mass is 280 g/mol. The van der Waals surface area contributed by atoms with Crippen molar-refractivity contribution in [1.29, 1.82) is 0 Å². The molecule has 5 nitrogen and oxygen atoms in total. The number of hydrogen-bond donors (Lipinski definition) is 1. The average Bonchev–Trinajstić information content (AvgIpc) is 2.42. The second-order valence-electron chi connectivity index (χ2n) is 5.22. The molecule has 0 radical (unpaired) electrons. The second-order valence-corrected chi connectivity index (χ2v) is 5.22. The summed E-state index contributed by atoms with van der Waals surface area (Å²) in [6, 6.07) is 0.373. The summed E-state index contributed by atoms with van der Waals surface area (Å²) in [6.45, 7) is 10.1. The first-order chi connectivity index (χ1) is 9.54. The van der Waals surface area contributed by atoms with Gasteiger partial charge in [0, 0.05) is 38.7 Å². The van der Waals surface area contributed by atoms with Gasteiger partial charge in [-0.05, 0) is 27.2 Å². The van der Waals surface area contributed by atoms with Gasteiger partial charge < -0.3 is 15.0 Å². The summed E-state index contributed by atoms with van der Waals surface area (Å²) < 4.78 is 5.22. The summed E-state index contributed by atoms with van der Waals surface area (Å²) >= 11 is 0. The molecular formula is C15H28N4O. The maximum Gasteiger partial charge on any atom is 0.137 e. The summed E-state index contributed by atoms with van der Waals surface area (Å²) in [5.74, 6) is 2.84. The molecule has 0 amide bonds. The number of methoxy groups -OCH3 is 1. The highest BCUT2D eigenvalue weighted by Crippen LogP contribution is 2.25. The number of nitrogens with one attached hydrogen (secondary N) is 1. The summed E-state index contributed by atoms with van der Waals surface area (Å²) in [6.07, 6.45) is 1.95. The Morgan fingerprint density at radius 1 is 1.30 bits per heavy atom. The maximum atomic E-state index is 5.22. The molecule has 0 fully saturated rings. The lowest BCUT2D eigenvalue weighted by Gasteiger charge is -2.29. The van der Waals surface area contributed by atoms with Gasteiger partial charge in [-0.25, -0.2) is 9.97 Å². The van der Waals surface area contributed by atoms with Crippen LogP contribution in [0.4, 0.5) is 11.6 Å². The van der Waals surface area contributed by atoms with Gasteiger partial charge in [-0.3, -0.25) is 0 Å². The number of aromatic nitrogens is 2. The zero-order chi connectivity index (χ0) is 15.1. The van der Waals surface area contributed by atoms with Crippen molar-refractivity contribution in [2.24, 2.45) is 0 Å². The van der Waals surface area contributed by atoms with Gasteiger partial charge in [0.1, 0.15) is 17.5 Å². The van der Waals surface area contributed by atoms with E-state index in [4.69, 9.17) is 9.72 Å². The van der Waals surface area contributed by atoms with Crippen LogP contribution in [0.3, 0.4) is 0 Å². The number of rotatable bonds is 8. The number of ether oxygens (including phenoxy) is 1. The van der Waals surface area contributed by atoms with Crippen LogP contribution in [-0.2, 0) is 11.2 Å². The fourth-order valence-electron chi connectivity index (χ4n) is 2.21. The van der Waals surface area contributed by atoms with E-state index in [0.29, 0.717) is 12.6 Å². The average molecular weight is 280 g/mol. The van der Waals surface area contributed by atoms with E-state index in [1.807, 2.05) is 7.05 Å². The van der Waals surface area contributed by atoms with Crippen LogP contribution in [0.15, 0.2) is 0 Å². The Balaban J connectivity index is 3.20. The van der Waals surface area contributed by atoms with E-state index in [1.165, 1.54) is 0 Å². The first-order valence-electron chi connectivity index (χ1n) is 7.35. The summed E-state index contributed by atoms with van der Waals surface area (Å²) in [5, 5.41) is 3.18. The molecule has 1 rings (SSSR count). The summed E-state index contributed by atoms with van der Waals surface area (Å²) in [7, 11) is 3.64. The SMILES string of the molecule is CCCc1nc(NC)c(C)c(N(CCOC)C(C)C)n1. The lowest BCUT2D eigenvalue weighted by atomic mass is 10.2. The van der Waals surface area contributed by atoms with E-state index >= 15 is 0 Å². The zero-order valence-electron chi connectivity index (χ0n) is 13.7. The Bertz CT molecular complexity index is 421. The van der Waals surface area contributed by atoms with Crippen LogP contribution in [0, 0.1) is 6.92 Å². The highest BCUT2D eigenvalue weighted by atomic mass is 16.5. The Morgan fingerprint density at radius 2 is 2.00 bits per heavy atom. The van der Waals surface area contributed by atoms with Crippen LogP contribution >= 0.6 is 0 Å². The first-order valence-corrected chi connectivity index (χ1v) is 7.35. The molecular weight excluding hydrogens is 252 g/mol. The maximum absolute atomic E-state index is 5.22. The van der Waals surface area contributed by atoms with E-state index in [-0.39, 0.29) is 0 Å². The molecule has 0 spiro atoms. The molecule has 1 N–H and O–H groups in total. The fourth-order valence-corrected chi connectivity index (χ4v) is 2.21. The van der Waals surface area contributed by atoms with Crippen molar-refractivity contribution in [1.82, 2.24) is 9.97 Å². The zero-order valence-corrected chi connectivity index (χ0v) is 13.7. The lowest BCUT2D eigenvalue weighted by Crippen LogP contribution is -2.35. The van der Waals surface area contributed by atoms with Crippen molar-refractivity contribution in [2.45, 2.75) is 46.6 Å². The molecule has 0 aliphatic heterocycles. The first kappa shape index (κ1) is 16.7. The number of aryl methyl sites for hydroxylation is 1. The molecule has 1 aromatic rings. The topological polar surface area (TPSA) is 50.3 Å². The van der Waals surface area contributed by atoms with Gasteiger partial charge in [0.15, 0.2) is 0 Å². The molecule has 0 saturated heterocycles. The number of anilines is 2. The Kier molecular flexibility index (Phi) is 6.71. The molecule has 0 bridgehead atoms. The van der Waals surface area contributed by atoms with E-state index in [9.17, 15) is 0 Å². The normalized spacial score (nSPS) is 10.9. The van der Waals surface area contributed by atoms with Crippen molar-refractivity contribution in [2.75, 3.05) is 37.5 Å². The van der Waals surface area contributed by atoms with Crippen LogP contribution in [0.2, 0.25) is 0 Å². The molecule has 1 heterocycles. The number of nitrogens with zero attached hydrogens (tertiary/aromatic N) is 3. The van der Waals surface area contributed by atoms with Gasteiger partial charge >= 0.3 is 0 Å². The molecule has 114 valence electrons. The lowest BCUT2D eigenvalue weighted by molar-refractivity contribution is 0.203. The van der Waals surface area contributed by atoms with Crippen LogP contribution < -0.4 is 10.2 Å². The second kappa shape index (κ2) is 8.04. The fraction of sp³-hybridized carbons (Fsp3) is 0.733. The van der Waals surface area contributed by atoms with Crippen LogP contribution in [0.5, 0.6) is 0 Å². The van der Waals surface area contributed by atoms with E-state index in [0.717, 1.165) is 42.4 Å². The molecule has 0 aliphatic rings. The van der Waals surface area contributed by atoms with Gasteiger partial charge in [-0.2, -0.15) is 0 Å². The largest absolute Gasteiger partial charge is 0.383 e. The molecule has 0 saturated carbocycles. The minimum atomic E-state index is 0.373. The van der Waals surface area contributed by atoms with Gasteiger partial charge in [0.05, 0.1) is 6.61 Å². The molecule has 0 aromatic carbocycles.